The Bertz CT molecular complexity index is 341. The highest BCUT2D eigenvalue weighted by atomic mass is 16.4. The van der Waals surface area contributed by atoms with Gasteiger partial charge in [0.2, 0.25) is 0 Å². The van der Waals surface area contributed by atoms with Crippen LogP contribution in [0.15, 0.2) is 4.99 Å². The van der Waals surface area contributed by atoms with Gasteiger partial charge >= 0.3 is 0 Å². The minimum atomic E-state index is -1.28. The summed E-state index contributed by atoms with van der Waals surface area (Å²) in [7, 11) is 0. The van der Waals surface area contributed by atoms with Crippen molar-refractivity contribution in [1.29, 1.82) is 0 Å². The Balaban J connectivity index is 2.44. The number of likely N-dealkylation sites (tertiary alicyclic amines) is 1. The van der Waals surface area contributed by atoms with Gasteiger partial charge in [0.15, 0.2) is 5.96 Å². The number of aliphatic hydroxyl groups excluding tert-OH is 4. The van der Waals surface area contributed by atoms with E-state index in [1.54, 1.807) is 0 Å². The van der Waals surface area contributed by atoms with E-state index in [2.05, 4.69) is 11.9 Å². The van der Waals surface area contributed by atoms with Crippen molar-refractivity contribution in [3.63, 3.8) is 0 Å². The Hall–Kier alpha value is -0.890. The van der Waals surface area contributed by atoms with Crippen LogP contribution in [0.2, 0.25) is 0 Å². The third-order valence-corrected chi connectivity index (χ3v) is 4.19. The number of nitrogens with two attached hydrogens (primary N) is 1. The fraction of sp³-hybridized carbons (Fsp3) is 0.933. The molecule has 1 heterocycles. The quantitative estimate of drug-likeness (QED) is 0.232. The first-order valence-electron chi connectivity index (χ1n) is 8.24. The molecule has 0 spiro atoms. The van der Waals surface area contributed by atoms with Crippen molar-refractivity contribution in [1.82, 2.24) is 4.90 Å². The molecule has 6 N–H and O–H groups in total. The van der Waals surface area contributed by atoms with Crippen LogP contribution in [0.1, 0.15) is 45.4 Å². The SMILES string of the molecule is CCCCCCCCN=C(N)N1C[C@H](O)[C@@H](O)[C@H](O)[C@H]1CO. The van der Waals surface area contributed by atoms with Crippen LogP contribution in [-0.4, -0.2) is 75.3 Å². The van der Waals surface area contributed by atoms with Gasteiger partial charge in [-0.05, 0) is 6.42 Å². The number of aliphatic imine (C=N–C) groups is 1. The molecule has 0 aromatic rings. The van der Waals surface area contributed by atoms with Crippen LogP contribution in [0.25, 0.3) is 0 Å². The predicted octanol–water partition coefficient (Wildman–Crippen LogP) is -0.579. The Morgan fingerprint density at radius 2 is 1.73 bits per heavy atom. The van der Waals surface area contributed by atoms with Gasteiger partial charge in [-0.15, -0.1) is 0 Å². The molecule has 1 fully saturated rings. The number of piperidine rings is 1. The summed E-state index contributed by atoms with van der Waals surface area (Å²) in [5.74, 6) is 0.192. The summed E-state index contributed by atoms with van der Waals surface area (Å²) in [5, 5.41) is 38.6. The van der Waals surface area contributed by atoms with Crippen LogP contribution in [0.4, 0.5) is 0 Å². The second kappa shape index (κ2) is 9.99. The molecule has 22 heavy (non-hydrogen) atoms. The van der Waals surface area contributed by atoms with E-state index in [9.17, 15) is 20.4 Å². The van der Waals surface area contributed by atoms with Crippen LogP contribution in [0, 0.1) is 0 Å². The molecule has 0 aromatic heterocycles. The van der Waals surface area contributed by atoms with Crippen LogP contribution in [0.3, 0.4) is 0 Å². The average molecular weight is 317 g/mol. The number of guanidine groups is 1. The van der Waals surface area contributed by atoms with Gasteiger partial charge < -0.3 is 31.1 Å². The molecule has 1 saturated heterocycles. The topological polar surface area (TPSA) is 123 Å². The molecule has 1 aliphatic rings. The van der Waals surface area contributed by atoms with Crippen molar-refractivity contribution < 1.29 is 20.4 Å². The van der Waals surface area contributed by atoms with Crippen LogP contribution in [-0.2, 0) is 0 Å². The maximum Gasteiger partial charge on any atom is 0.191 e. The zero-order chi connectivity index (χ0) is 16.5. The summed E-state index contributed by atoms with van der Waals surface area (Å²) in [6.45, 7) is 2.45. The minimum absolute atomic E-state index is 0.0509. The second-order valence-electron chi connectivity index (χ2n) is 5.96. The predicted molar refractivity (Wildman–Crippen MR) is 85.5 cm³/mol. The average Bonchev–Trinajstić information content (AvgIpc) is 2.51. The van der Waals surface area contributed by atoms with Gasteiger partial charge in [-0.3, -0.25) is 4.99 Å². The van der Waals surface area contributed by atoms with E-state index in [-0.39, 0.29) is 19.1 Å². The third kappa shape index (κ3) is 5.39. The Morgan fingerprint density at radius 1 is 1.09 bits per heavy atom. The number of hydrogen-bond donors (Lipinski definition) is 5. The smallest absolute Gasteiger partial charge is 0.191 e. The number of nitrogens with zero attached hydrogens (tertiary/aromatic N) is 2. The van der Waals surface area contributed by atoms with Crippen LogP contribution < -0.4 is 5.73 Å². The number of hydrogen-bond acceptors (Lipinski definition) is 5. The molecule has 0 aromatic carbocycles. The van der Waals surface area contributed by atoms with Gasteiger partial charge in [0, 0.05) is 13.1 Å². The zero-order valence-electron chi connectivity index (χ0n) is 13.4. The van der Waals surface area contributed by atoms with Crippen LogP contribution >= 0.6 is 0 Å². The van der Waals surface area contributed by atoms with Gasteiger partial charge in [0.1, 0.15) is 18.3 Å². The lowest BCUT2D eigenvalue weighted by atomic mass is 9.94. The highest BCUT2D eigenvalue weighted by molar-refractivity contribution is 5.78. The fourth-order valence-corrected chi connectivity index (χ4v) is 2.73. The first kappa shape index (κ1) is 19.2. The van der Waals surface area contributed by atoms with Crippen molar-refractivity contribution in [2.24, 2.45) is 10.7 Å². The van der Waals surface area contributed by atoms with Gasteiger partial charge in [0.05, 0.1) is 12.6 Å². The molecule has 0 bridgehead atoms. The maximum atomic E-state index is 9.90. The summed E-state index contributed by atoms with van der Waals surface area (Å²) in [6, 6.07) is -0.744. The van der Waals surface area contributed by atoms with Gasteiger partial charge in [0.25, 0.3) is 0 Å². The summed E-state index contributed by atoms with van der Waals surface area (Å²) in [4.78, 5) is 5.73. The lowest BCUT2D eigenvalue weighted by molar-refractivity contribution is -0.128. The van der Waals surface area contributed by atoms with Crippen molar-refractivity contribution >= 4 is 5.96 Å². The molecular weight excluding hydrogens is 286 g/mol. The van der Waals surface area contributed by atoms with E-state index < -0.39 is 24.4 Å². The Labute approximate surface area is 132 Å². The summed E-state index contributed by atoms with van der Waals surface area (Å²) < 4.78 is 0. The van der Waals surface area contributed by atoms with Crippen molar-refractivity contribution in [2.45, 2.75) is 69.8 Å². The molecule has 0 aliphatic carbocycles. The van der Waals surface area contributed by atoms with Crippen molar-refractivity contribution in [2.75, 3.05) is 19.7 Å². The lowest BCUT2D eigenvalue weighted by Crippen LogP contribution is -2.65. The Morgan fingerprint density at radius 3 is 2.36 bits per heavy atom. The first-order valence-corrected chi connectivity index (χ1v) is 8.24. The molecule has 0 unspecified atom stereocenters. The molecule has 7 heteroatoms. The first-order chi connectivity index (χ1) is 10.5. The monoisotopic (exact) mass is 317 g/mol. The second-order valence-corrected chi connectivity index (χ2v) is 5.96. The number of aliphatic hydroxyl groups is 4. The van der Waals surface area contributed by atoms with Gasteiger partial charge in [-0.1, -0.05) is 39.0 Å². The molecule has 7 nitrogen and oxygen atoms in total. The molecule has 1 aliphatic heterocycles. The number of β-amino-alcohol motifs (C(OH)–C–C–N with tert-alkyl or cyclic N) is 1. The third-order valence-electron chi connectivity index (χ3n) is 4.19. The molecule has 1 rings (SSSR count). The van der Waals surface area contributed by atoms with E-state index in [1.807, 2.05) is 0 Å². The van der Waals surface area contributed by atoms with E-state index in [0.717, 1.165) is 12.8 Å². The van der Waals surface area contributed by atoms with E-state index in [0.29, 0.717) is 6.54 Å². The van der Waals surface area contributed by atoms with Crippen molar-refractivity contribution in [3.05, 3.63) is 0 Å². The molecule has 4 atom stereocenters. The molecule has 0 amide bonds. The fourth-order valence-electron chi connectivity index (χ4n) is 2.73. The summed E-state index contributed by atoms with van der Waals surface area (Å²) >= 11 is 0. The van der Waals surface area contributed by atoms with Gasteiger partial charge in [-0.2, -0.15) is 0 Å². The summed E-state index contributed by atoms with van der Waals surface area (Å²) in [5.41, 5.74) is 5.91. The molecule has 130 valence electrons. The number of unbranched alkanes of at least 4 members (excludes halogenated alkanes) is 5. The summed E-state index contributed by atoms with van der Waals surface area (Å²) in [6.07, 6.45) is 3.31. The molecule has 0 radical (unpaired) electrons. The highest BCUT2D eigenvalue weighted by Gasteiger charge is 2.41. The van der Waals surface area contributed by atoms with Crippen molar-refractivity contribution in [3.8, 4) is 0 Å². The van der Waals surface area contributed by atoms with E-state index >= 15 is 0 Å². The maximum absolute atomic E-state index is 9.90. The molecular formula is C15H31N3O4. The van der Waals surface area contributed by atoms with E-state index in [1.165, 1.54) is 30.6 Å². The minimum Gasteiger partial charge on any atom is -0.394 e. The lowest BCUT2D eigenvalue weighted by Gasteiger charge is -2.43. The highest BCUT2D eigenvalue weighted by Crippen LogP contribution is 2.18. The van der Waals surface area contributed by atoms with Gasteiger partial charge in [-0.25, -0.2) is 0 Å². The zero-order valence-corrected chi connectivity index (χ0v) is 13.4. The standard InChI is InChI=1S/C15H31N3O4/c1-2-3-4-5-6-7-8-17-15(16)18-9-12(20)14(22)13(21)11(18)10-19/h11-14,19-22H,2-10H2,1H3,(H2,16,17)/t11-,12+,13-,14-/m1/s1. The normalized spacial score (nSPS) is 29.9. The van der Waals surface area contributed by atoms with Crippen LogP contribution in [0.5, 0.6) is 0 Å². The number of rotatable bonds is 8. The molecule has 0 saturated carbocycles. The largest absolute Gasteiger partial charge is 0.394 e. The Kier molecular flexibility index (Phi) is 8.70. The van der Waals surface area contributed by atoms with E-state index in [4.69, 9.17) is 5.73 Å².